The molecule has 16 atom stereocenters. The van der Waals surface area contributed by atoms with E-state index in [9.17, 15) is 57.5 Å². The number of allylic oxidation sites excluding steroid dienone is 4. The van der Waals surface area contributed by atoms with Crippen LogP contribution in [0.4, 0.5) is 0 Å². The highest BCUT2D eigenvalue weighted by molar-refractivity contribution is 5.92. The van der Waals surface area contributed by atoms with Gasteiger partial charge < -0.3 is 117 Å². The molecule has 8 aliphatic heterocycles. The van der Waals surface area contributed by atoms with Gasteiger partial charge in [-0.1, -0.05) is 26.3 Å². The van der Waals surface area contributed by atoms with Crippen LogP contribution in [0.2, 0.25) is 0 Å². The van der Waals surface area contributed by atoms with Gasteiger partial charge in [-0.05, 0) is 12.2 Å². The van der Waals surface area contributed by atoms with Crippen LogP contribution in [0.3, 0.4) is 0 Å². The van der Waals surface area contributed by atoms with Crippen molar-refractivity contribution in [2.75, 3.05) is 52.9 Å². The molecule has 8 rings (SSSR count). The summed E-state index contributed by atoms with van der Waals surface area (Å²) in [4.78, 5) is 134. The Morgan fingerprint density at radius 1 is 0.271 bits per heavy atom. The van der Waals surface area contributed by atoms with Gasteiger partial charge in [0.05, 0.1) is 90.1 Å². The van der Waals surface area contributed by atoms with Crippen LogP contribution in [-0.4, -0.2) is 263 Å². The van der Waals surface area contributed by atoms with E-state index >= 15 is 0 Å². The molecule has 8 saturated heterocycles. The number of ether oxygens (including phenoxy) is 16. The molecule has 0 saturated carbocycles. The van der Waals surface area contributed by atoms with Crippen molar-refractivity contribution in [2.45, 2.75) is 136 Å². The minimum Gasteiger partial charge on any atom is -0.513 e. The molecule has 0 aromatic rings. The number of fused-ring (bicyclic) bond motifs is 4. The van der Waals surface area contributed by atoms with E-state index in [1.807, 2.05) is 0 Å². The van der Waals surface area contributed by atoms with Gasteiger partial charge >= 0.3 is 71.6 Å². The predicted octanol–water partition coefficient (Wildman–Crippen LogP) is 0.177. The lowest BCUT2D eigenvalue weighted by molar-refractivity contribution is -0.156. The molecule has 526 valence electrons. The number of carboxylic acid groups (broad SMARTS) is 4. The number of aliphatic hydroxyl groups is 4. The Hall–Kier alpha value is -9.82. The molecule has 36 nitrogen and oxygen atoms in total. The third-order valence-corrected chi connectivity index (χ3v) is 13.7. The van der Waals surface area contributed by atoms with Crippen molar-refractivity contribution in [3.63, 3.8) is 0 Å². The molecule has 0 radical (unpaired) electrons. The highest BCUT2D eigenvalue weighted by Gasteiger charge is 2.54. The molecule has 0 unspecified atom stereocenters. The summed E-state index contributed by atoms with van der Waals surface area (Å²) in [6.07, 6.45) is -1.83. The van der Waals surface area contributed by atoms with Gasteiger partial charge in [0.1, 0.15) is 60.4 Å². The monoisotopic (exact) mass is 1370 g/mol. The highest BCUT2D eigenvalue weighted by Crippen LogP contribution is 2.35. The van der Waals surface area contributed by atoms with E-state index in [-0.39, 0.29) is 114 Å². The first-order valence-electron chi connectivity index (χ1n) is 28.8. The van der Waals surface area contributed by atoms with Crippen LogP contribution in [0, 0.1) is 0 Å². The first-order valence-corrected chi connectivity index (χ1v) is 28.8. The van der Waals surface area contributed by atoms with Gasteiger partial charge in [-0.2, -0.15) is 0 Å². The summed E-state index contributed by atoms with van der Waals surface area (Å²) in [5.41, 5.74) is 0. The van der Waals surface area contributed by atoms with Crippen LogP contribution >= 0.6 is 0 Å². The number of carbonyl (C=O) groups is 12. The summed E-state index contributed by atoms with van der Waals surface area (Å²) >= 11 is 0. The molecule has 0 bridgehead atoms. The fourth-order valence-electron chi connectivity index (χ4n) is 9.60. The molecule has 8 fully saturated rings. The number of carboxylic acids is 4. The van der Waals surface area contributed by atoms with Gasteiger partial charge in [0.25, 0.3) is 0 Å². The fourth-order valence-corrected chi connectivity index (χ4v) is 9.60. The molecule has 0 aromatic carbocycles. The number of aliphatic carboxylic acids is 4. The largest absolute Gasteiger partial charge is 0.513 e. The van der Waals surface area contributed by atoms with Crippen molar-refractivity contribution in [2.24, 2.45) is 0 Å². The third-order valence-electron chi connectivity index (χ3n) is 13.7. The van der Waals surface area contributed by atoms with E-state index < -0.39 is 169 Å². The van der Waals surface area contributed by atoms with Crippen molar-refractivity contribution in [3.8, 4) is 0 Å². The average molecular weight is 1370 g/mol. The zero-order valence-electron chi connectivity index (χ0n) is 50.7. The van der Waals surface area contributed by atoms with Crippen LogP contribution in [0.25, 0.3) is 0 Å². The fraction of sp³-hybridized carbons (Fsp3) is 0.500. The third kappa shape index (κ3) is 25.8. The predicted molar refractivity (Wildman–Crippen MR) is 308 cm³/mol. The van der Waals surface area contributed by atoms with Crippen LogP contribution in [0.5, 0.6) is 0 Å². The summed E-state index contributed by atoms with van der Waals surface area (Å²) in [7, 11) is 0. The van der Waals surface area contributed by atoms with Crippen LogP contribution in [0.1, 0.15) is 38.5 Å². The number of aliphatic hydroxyl groups excluding tert-OH is 4. The maximum absolute atomic E-state index is 11.7. The first-order chi connectivity index (χ1) is 45.5. The summed E-state index contributed by atoms with van der Waals surface area (Å²) in [6, 6.07) is 0. The molecule has 0 amide bonds. The zero-order valence-corrected chi connectivity index (χ0v) is 50.7. The summed E-state index contributed by atoms with van der Waals surface area (Å²) in [5.74, 6) is -11.2. The standard InChI is InChI=1S/3C15H18O9.C15H16O9/c4*1-8(16)2-4-12(19)23-9-6-21-15-10(7-22-14(9)15)24-13(20)5-3-11(17)18/h2*3,5,9-10,14-16H,1-2,4,6-7H2,(H,17,18);2,4,9-10,14-16H,1,3,5-7H2,(H,17,18);2-5,9-10,14-16H,1,6-7H2,(H,17,18)/b5-3+;5-3-;4-2-;4-2-,5-3+/t4*9-,10+,14+,15+/m0000/s1. The molecular formula is C60H70O36. The lowest BCUT2D eigenvalue weighted by Crippen LogP contribution is -2.35. The Labute approximate surface area is 543 Å². The van der Waals surface area contributed by atoms with E-state index in [1.54, 1.807) is 0 Å². The molecule has 8 N–H and O–H groups in total. The smallest absolute Gasteiger partial charge is 0.331 e. The maximum atomic E-state index is 11.7. The Morgan fingerprint density at radius 2 is 0.458 bits per heavy atom. The lowest BCUT2D eigenvalue weighted by atomic mass is 10.1. The van der Waals surface area contributed by atoms with E-state index in [0.717, 1.165) is 42.5 Å². The van der Waals surface area contributed by atoms with Crippen molar-refractivity contribution >= 4 is 71.6 Å². The zero-order chi connectivity index (χ0) is 70.8. The number of hydrogen-bond acceptors (Lipinski definition) is 32. The molecule has 36 heteroatoms. The van der Waals surface area contributed by atoms with Gasteiger partial charge in [-0.15, -0.1) is 0 Å². The van der Waals surface area contributed by atoms with Gasteiger partial charge in [-0.25, -0.2) is 38.4 Å². The summed E-state index contributed by atoms with van der Waals surface area (Å²) in [5, 5.41) is 69.6. The van der Waals surface area contributed by atoms with Crippen molar-refractivity contribution in [1.29, 1.82) is 0 Å². The average Bonchev–Trinajstić information content (AvgIpc) is 1.68. The Kier molecular flexibility index (Phi) is 30.4. The second-order valence-corrected chi connectivity index (χ2v) is 21.0. The maximum Gasteiger partial charge on any atom is 0.331 e. The van der Waals surface area contributed by atoms with Crippen LogP contribution in [-0.2, 0) is 133 Å². The van der Waals surface area contributed by atoms with Crippen molar-refractivity contribution in [1.82, 2.24) is 0 Å². The second kappa shape index (κ2) is 37.9. The molecule has 0 aliphatic carbocycles. The quantitative estimate of drug-likeness (QED) is 0.0179. The molecule has 0 spiro atoms. The Balaban J connectivity index is 0.000000231. The minimum absolute atomic E-state index is 0.0123. The topological polar surface area (TPSA) is 514 Å². The molecule has 8 heterocycles. The SMILES string of the molecule is C=C(O)/C=C\C(=O)O[C@H]1CO[C@H]2[C@@H]1OC[C@H]2OC(=O)/C=C/C(=O)O.C=C(O)/C=C\C(=O)O[C@H]1CO[C@H]2[C@@H]1OC[C@H]2OC(=O)CCC(=O)O.C=C(O)CCC(=O)O[C@H]1CO[C@H]2[C@@H]1OC[C@H]2OC(=O)/C=C/C(=O)O.C=C(O)CCC(=O)O[C@H]1CO[C@H]2[C@@H]1OC[C@H]2OC(=O)/C=C\C(=O)O. The van der Waals surface area contributed by atoms with Gasteiger partial charge in [0.2, 0.25) is 0 Å². The van der Waals surface area contributed by atoms with E-state index in [1.165, 1.54) is 0 Å². The Bertz CT molecular complexity index is 2760. The Morgan fingerprint density at radius 3 is 0.635 bits per heavy atom. The molecular weight excluding hydrogens is 1300 g/mol. The normalized spacial score (nSPS) is 28.6. The van der Waals surface area contributed by atoms with Crippen molar-refractivity contribution < 1.29 is 174 Å². The lowest BCUT2D eigenvalue weighted by Gasteiger charge is -2.17. The minimum atomic E-state index is -1.27. The number of hydrogen-bond donors (Lipinski definition) is 8. The number of rotatable bonds is 27. The van der Waals surface area contributed by atoms with Crippen LogP contribution < -0.4 is 0 Å². The highest BCUT2D eigenvalue weighted by atomic mass is 16.7. The molecule has 0 aromatic heterocycles. The van der Waals surface area contributed by atoms with Crippen LogP contribution in [0.15, 0.2) is 110 Å². The van der Waals surface area contributed by atoms with Crippen molar-refractivity contribution in [3.05, 3.63) is 110 Å². The summed E-state index contributed by atoms with van der Waals surface area (Å²) < 4.78 is 84.9. The van der Waals surface area contributed by atoms with Gasteiger partial charge in [-0.3, -0.25) is 19.2 Å². The molecule has 96 heavy (non-hydrogen) atoms. The summed E-state index contributed by atoms with van der Waals surface area (Å²) in [6.45, 7) is 13.5. The van der Waals surface area contributed by atoms with E-state index in [2.05, 4.69) is 26.3 Å². The van der Waals surface area contributed by atoms with Gasteiger partial charge in [0.15, 0.2) is 48.8 Å². The number of carbonyl (C=O) groups excluding carboxylic acids is 8. The van der Waals surface area contributed by atoms with E-state index in [4.69, 9.17) is 117 Å². The number of esters is 8. The molecule has 8 aliphatic rings. The van der Waals surface area contributed by atoms with Gasteiger partial charge in [0, 0.05) is 61.4 Å². The second-order valence-electron chi connectivity index (χ2n) is 21.0. The first kappa shape index (κ1) is 76.9. The van der Waals surface area contributed by atoms with E-state index in [0.29, 0.717) is 18.2 Å².